The lowest BCUT2D eigenvalue weighted by Crippen LogP contribution is -2.38. The highest BCUT2D eigenvalue weighted by Crippen LogP contribution is 2.31. The highest BCUT2D eigenvalue weighted by molar-refractivity contribution is 5.45. The van der Waals surface area contributed by atoms with Gasteiger partial charge in [0.05, 0.1) is 12.7 Å². The molecule has 1 aliphatic rings. The summed E-state index contributed by atoms with van der Waals surface area (Å²) in [6.07, 6.45) is 2.58. The molecule has 0 bridgehead atoms. The summed E-state index contributed by atoms with van der Waals surface area (Å²) in [4.78, 5) is 2.32. The van der Waals surface area contributed by atoms with Gasteiger partial charge in [0, 0.05) is 25.8 Å². The quantitative estimate of drug-likeness (QED) is 0.887. The summed E-state index contributed by atoms with van der Waals surface area (Å²) >= 11 is 0. The first-order valence-electron chi connectivity index (χ1n) is 6.93. The molecule has 1 unspecified atom stereocenters. The van der Waals surface area contributed by atoms with Gasteiger partial charge in [0.15, 0.2) is 11.5 Å². The van der Waals surface area contributed by atoms with Gasteiger partial charge in [-0.15, -0.1) is 0 Å². The first kappa shape index (κ1) is 14.2. The van der Waals surface area contributed by atoms with Crippen LogP contribution in [0.4, 0.5) is 0 Å². The molecule has 1 saturated heterocycles. The van der Waals surface area contributed by atoms with Gasteiger partial charge >= 0.3 is 0 Å². The summed E-state index contributed by atoms with van der Waals surface area (Å²) in [5, 5.41) is 10.2. The molecule has 0 amide bonds. The number of ether oxygens (including phenoxy) is 2. The van der Waals surface area contributed by atoms with E-state index in [0.717, 1.165) is 38.0 Å². The molecule has 1 N–H and O–H groups in total. The number of aromatic hydroxyl groups is 1. The molecule has 19 heavy (non-hydrogen) atoms. The van der Waals surface area contributed by atoms with Crippen LogP contribution >= 0.6 is 0 Å². The number of nitrogens with zero attached hydrogens (tertiary/aromatic N) is 1. The van der Waals surface area contributed by atoms with Gasteiger partial charge in [-0.25, -0.2) is 0 Å². The molecular formula is C15H23NO3. The van der Waals surface area contributed by atoms with Crippen molar-refractivity contribution >= 4 is 0 Å². The first-order chi connectivity index (χ1) is 9.24. The molecule has 0 saturated carbocycles. The van der Waals surface area contributed by atoms with Crippen LogP contribution in [-0.2, 0) is 11.3 Å². The van der Waals surface area contributed by atoms with Crippen LogP contribution in [0.25, 0.3) is 0 Å². The number of likely N-dealkylation sites (tertiary alicyclic amines) is 1. The van der Waals surface area contributed by atoms with E-state index >= 15 is 0 Å². The van der Waals surface area contributed by atoms with Crippen molar-refractivity contribution in [3.8, 4) is 11.5 Å². The van der Waals surface area contributed by atoms with Gasteiger partial charge in [-0.05, 0) is 32.4 Å². The van der Waals surface area contributed by atoms with Crippen molar-refractivity contribution in [2.75, 3.05) is 26.8 Å². The molecule has 2 rings (SSSR count). The Kier molecular flexibility index (Phi) is 5.05. The summed E-state index contributed by atoms with van der Waals surface area (Å²) in [6, 6.07) is 5.68. The minimum atomic E-state index is 0.267. The normalized spacial score (nSPS) is 20.4. The Hall–Kier alpha value is -1.26. The van der Waals surface area contributed by atoms with Crippen molar-refractivity contribution in [2.45, 2.75) is 32.4 Å². The van der Waals surface area contributed by atoms with E-state index in [1.807, 2.05) is 19.1 Å². The number of phenols is 1. The Labute approximate surface area is 114 Å². The largest absolute Gasteiger partial charge is 0.504 e. The first-order valence-corrected chi connectivity index (χ1v) is 6.93. The van der Waals surface area contributed by atoms with Crippen LogP contribution in [-0.4, -0.2) is 42.9 Å². The van der Waals surface area contributed by atoms with Crippen molar-refractivity contribution in [2.24, 2.45) is 0 Å². The molecule has 0 aromatic heterocycles. The van der Waals surface area contributed by atoms with E-state index in [9.17, 15) is 5.11 Å². The fraction of sp³-hybridized carbons (Fsp3) is 0.600. The molecule has 1 heterocycles. The molecule has 0 spiro atoms. The third-order valence-electron chi connectivity index (χ3n) is 3.57. The fourth-order valence-electron chi connectivity index (χ4n) is 2.56. The molecule has 106 valence electrons. The van der Waals surface area contributed by atoms with Crippen LogP contribution < -0.4 is 4.74 Å². The Morgan fingerprint density at radius 1 is 1.42 bits per heavy atom. The van der Waals surface area contributed by atoms with Crippen LogP contribution in [0, 0.1) is 0 Å². The van der Waals surface area contributed by atoms with E-state index in [1.54, 1.807) is 13.2 Å². The van der Waals surface area contributed by atoms with Crippen LogP contribution in [0.1, 0.15) is 25.3 Å². The molecule has 1 aliphatic heterocycles. The van der Waals surface area contributed by atoms with Gasteiger partial charge in [0.1, 0.15) is 0 Å². The topological polar surface area (TPSA) is 41.9 Å². The predicted octanol–water partition coefficient (Wildman–Crippen LogP) is 2.40. The van der Waals surface area contributed by atoms with E-state index in [0.29, 0.717) is 18.5 Å². The highest BCUT2D eigenvalue weighted by atomic mass is 16.5. The Balaban J connectivity index is 2.04. The van der Waals surface area contributed by atoms with Crippen LogP contribution in [0.2, 0.25) is 0 Å². The van der Waals surface area contributed by atoms with Crippen molar-refractivity contribution in [1.29, 1.82) is 0 Å². The number of phenolic OH excluding ortho intramolecular Hbond substituents is 1. The predicted molar refractivity (Wildman–Crippen MR) is 74.6 cm³/mol. The lowest BCUT2D eigenvalue weighted by Gasteiger charge is -2.32. The van der Waals surface area contributed by atoms with Crippen molar-refractivity contribution in [1.82, 2.24) is 4.90 Å². The Morgan fingerprint density at radius 3 is 3.00 bits per heavy atom. The summed E-state index contributed by atoms with van der Waals surface area (Å²) in [6.45, 7) is 5.20. The third-order valence-corrected chi connectivity index (χ3v) is 3.57. The SMILES string of the molecule is CCOc1cccc(CN2CCCC(OC)C2)c1O. The van der Waals surface area contributed by atoms with Crippen molar-refractivity contribution in [3.63, 3.8) is 0 Å². The van der Waals surface area contributed by atoms with Gasteiger partial charge in [0.25, 0.3) is 0 Å². The van der Waals surface area contributed by atoms with Crippen LogP contribution in [0.5, 0.6) is 11.5 Å². The zero-order valence-corrected chi connectivity index (χ0v) is 11.8. The van der Waals surface area contributed by atoms with E-state index in [1.165, 1.54) is 0 Å². The van der Waals surface area contributed by atoms with E-state index in [2.05, 4.69) is 4.90 Å². The van der Waals surface area contributed by atoms with E-state index < -0.39 is 0 Å². The summed E-state index contributed by atoms with van der Waals surface area (Å²) in [5.74, 6) is 0.837. The molecule has 1 atom stereocenters. The lowest BCUT2D eigenvalue weighted by atomic mass is 10.1. The number of hydrogen-bond donors (Lipinski definition) is 1. The van der Waals surface area contributed by atoms with Crippen LogP contribution in [0.3, 0.4) is 0 Å². The van der Waals surface area contributed by atoms with Gasteiger partial charge in [-0.1, -0.05) is 12.1 Å². The monoisotopic (exact) mass is 265 g/mol. The number of benzene rings is 1. The maximum Gasteiger partial charge on any atom is 0.162 e. The van der Waals surface area contributed by atoms with E-state index in [-0.39, 0.29) is 5.75 Å². The molecule has 0 radical (unpaired) electrons. The number of methoxy groups -OCH3 is 1. The fourth-order valence-corrected chi connectivity index (χ4v) is 2.56. The van der Waals surface area contributed by atoms with Gasteiger partial charge in [-0.3, -0.25) is 4.90 Å². The molecule has 0 aliphatic carbocycles. The number of rotatable bonds is 5. The van der Waals surface area contributed by atoms with Crippen molar-refractivity contribution in [3.05, 3.63) is 23.8 Å². The minimum Gasteiger partial charge on any atom is -0.504 e. The molecule has 1 aromatic carbocycles. The Morgan fingerprint density at radius 2 is 2.26 bits per heavy atom. The molecule has 4 nitrogen and oxygen atoms in total. The maximum atomic E-state index is 10.2. The summed E-state index contributed by atoms with van der Waals surface area (Å²) in [7, 11) is 1.77. The lowest BCUT2D eigenvalue weighted by molar-refractivity contribution is 0.0283. The van der Waals surface area contributed by atoms with Gasteiger partial charge in [0.2, 0.25) is 0 Å². The molecule has 1 fully saturated rings. The van der Waals surface area contributed by atoms with Gasteiger partial charge < -0.3 is 14.6 Å². The molecular weight excluding hydrogens is 242 g/mol. The minimum absolute atomic E-state index is 0.267. The average molecular weight is 265 g/mol. The molecule has 4 heteroatoms. The zero-order valence-electron chi connectivity index (χ0n) is 11.8. The number of para-hydroxylation sites is 1. The smallest absolute Gasteiger partial charge is 0.162 e. The molecule has 1 aromatic rings. The highest BCUT2D eigenvalue weighted by Gasteiger charge is 2.20. The second-order valence-corrected chi connectivity index (χ2v) is 4.93. The number of hydrogen-bond acceptors (Lipinski definition) is 4. The third kappa shape index (κ3) is 3.61. The maximum absolute atomic E-state index is 10.2. The number of piperidine rings is 1. The van der Waals surface area contributed by atoms with Crippen LogP contribution in [0.15, 0.2) is 18.2 Å². The van der Waals surface area contributed by atoms with E-state index in [4.69, 9.17) is 9.47 Å². The standard InChI is InChI=1S/C15H23NO3/c1-3-19-14-8-4-6-12(15(14)17)10-16-9-5-7-13(11-16)18-2/h4,6,8,13,17H,3,5,7,9-11H2,1-2H3. The second-order valence-electron chi connectivity index (χ2n) is 4.93. The summed E-state index contributed by atoms with van der Waals surface area (Å²) < 4.78 is 10.8. The second kappa shape index (κ2) is 6.78. The van der Waals surface area contributed by atoms with Gasteiger partial charge in [-0.2, -0.15) is 0 Å². The van der Waals surface area contributed by atoms with Crippen molar-refractivity contribution < 1.29 is 14.6 Å². The average Bonchev–Trinajstić information content (AvgIpc) is 2.44. The Bertz CT molecular complexity index is 408. The zero-order chi connectivity index (χ0) is 13.7. The summed E-state index contributed by atoms with van der Waals surface area (Å²) in [5.41, 5.74) is 0.919.